The molecule has 0 aliphatic rings. The van der Waals surface area contributed by atoms with Gasteiger partial charge in [0.05, 0.1) is 10.8 Å². The van der Waals surface area contributed by atoms with Gasteiger partial charge in [-0.05, 0) is 31.2 Å². The number of benzene rings is 1. The molecule has 0 saturated carbocycles. The first-order chi connectivity index (χ1) is 12.7. The molecule has 5 nitrogen and oxygen atoms in total. The summed E-state index contributed by atoms with van der Waals surface area (Å²) in [5, 5.41) is 8.75. The van der Waals surface area contributed by atoms with Gasteiger partial charge in [-0.2, -0.15) is 13.2 Å². The summed E-state index contributed by atoms with van der Waals surface area (Å²) in [5.74, 6) is -2.63. The van der Waals surface area contributed by atoms with Gasteiger partial charge in [0.15, 0.2) is 10.8 Å². The summed E-state index contributed by atoms with van der Waals surface area (Å²) in [5.41, 5.74) is -1.33. The Balaban J connectivity index is 1.81. The molecular formula is C16H11F5N4OS. The van der Waals surface area contributed by atoms with Crippen molar-refractivity contribution in [2.45, 2.75) is 23.5 Å². The van der Waals surface area contributed by atoms with E-state index in [0.717, 1.165) is 52.7 Å². The summed E-state index contributed by atoms with van der Waals surface area (Å²) in [6.45, 7) is 1.42. The van der Waals surface area contributed by atoms with Crippen LogP contribution in [0.2, 0.25) is 0 Å². The SMILES string of the molecule is C[C@@H](Sc1nnc2ccc(C(F)(F)F)cn12)C(=O)Nc1c(F)cccc1F. The number of fused-ring (bicyclic) bond motifs is 1. The summed E-state index contributed by atoms with van der Waals surface area (Å²) in [6, 6.07) is 5.15. The zero-order chi connectivity index (χ0) is 19.8. The molecule has 0 aliphatic carbocycles. The maximum atomic E-state index is 13.6. The molecular weight excluding hydrogens is 391 g/mol. The highest BCUT2D eigenvalue weighted by Crippen LogP contribution is 2.31. The van der Waals surface area contributed by atoms with Crippen LogP contribution in [0, 0.1) is 11.6 Å². The molecule has 0 unspecified atom stereocenters. The van der Waals surface area contributed by atoms with E-state index in [0.29, 0.717) is 0 Å². The van der Waals surface area contributed by atoms with Crippen molar-refractivity contribution >= 4 is 29.0 Å². The van der Waals surface area contributed by atoms with Crippen LogP contribution < -0.4 is 5.32 Å². The van der Waals surface area contributed by atoms with Gasteiger partial charge < -0.3 is 5.32 Å². The molecule has 0 bridgehead atoms. The van der Waals surface area contributed by atoms with Crippen molar-refractivity contribution in [3.05, 3.63) is 53.7 Å². The molecule has 3 aromatic rings. The van der Waals surface area contributed by atoms with Gasteiger partial charge in [0.1, 0.15) is 17.3 Å². The molecule has 1 aromatic carbocycles. The standard InChI is InChI=1S/C16H11F5N4OS/c1-8(14(26)22-13-10(17)3-2-4-11(13)18)27-15-24-23-12-6-5-9(7-25(12)15)16(19,20)21/h2-8H,1H3,(H,22,26)/t8-/m1/s1. The largest absolute Gasteiger partial charge is 0.417 e. The zero-order valence-electron chi connectivity index (χ0n) is 13.6. The Morgan fingerprint density at radius 3 is 2.44 bits per heavy atom. The number of aromatic nitrogens is 3. The monoisotopic (exact) mass is 402 g/mol. The quantitative estimate of drug-likeness (QED) is 0.526. The zero-order valence-corrected chi connectivity index (χ0v) is 14.4. The molecule has 2 aromatic heterocycles. The van der Waals surface area contributed by atoms with E-state index in [4.69, 9.17) is 0 Å². The van der Waals surface area contributed by atoms with Crippen LogP contribution in [0.5, 0.6) is 0 Å². The number of hydrogen-bond donors (Lipinski definition) is 1. The first kappa shape index (κ1) is 19.1. The smallest absolute Gasteiger partial charge is 0.320 e. The van der Waals surface area contributed by atoms with Crippen molar-refractivity contribution in [2.24, 2.45) is 0 Å². The Morgan fingerprint density at radius 2 is 1.81 bits per heavy atom. The topological polar surface area (TPSA) is 59.3 Å². The lowest BCUT2D eigenvalue weighted by molar-refractivity contribution is -0.137. The van der Waals surface area contributed by atoms with Gasteiger partial charge in [0.2, 0.25) is 5.91 Å². The van der Waals surface area contributed by atoms with Gasteiger partial charge in [0.25, 0.3) is 0 Å². The Kier molecular flexibility index (Phi) is 5.05. The van der Waals surface area contributed by atoms with Crippen LogP contribution in [0.3, 0.4) is 0 Å². The molecule has 0 saturated heterocycles. The number of halogens is 5. The second-order valence-corrected chi connectivity index (χ2v) is 6.78. The number of pyridine rings is 1. The van der Waals surface area contributed by atoms with E-state index in [-0.39, 0.29) is 10.8 Å². The third-order valence-electron chi connectivity index (χ3n) is 3.56. The van der Waals surface area contributed by atoms with Crippen LogP contribution in [-0.4, -0.2) is 25.8 Å². The summed E-state index contributed by atoms with van der Waals surface area (Å²) in [6.07, 6.45) is -3.73. The van der Waals surface area contributed by atoms with E-state index >= 15 is 0 Å². The summed E-state index contributed by atoms with van der Waals surface area (Å²) >= 11 is 0.803. The van der Waals surface area contributed by atoms with Crippen molar-refractivity contribution < 1.29 is 26.7 Å². The van der Waals surface area contributed by atoms with Crippen LogP contribution in [0.4, 0.5) is 27.6 Å². The Bertz CT molecular complexity index is 984. The number of rotatable bonds is 4. The van der Waals surface area contributed by atoms with E-state index in [9.17, 15) is 26.7 Å². The van der Waals surface area contributed by atoms with Gasteiger partial charge in [-0.25, -0.2) is 8.78 Å². The number of para-hydroxylation sites is 1. The van der Waals surface area contributed by atoms with E-state index in [2.05, 4.69) is 15.5 Å². The Hall–Kier alpha value is -2.69. The Labute approximate surface area is 153 Å². The molecule has 1 amide bonds. The minimum atomic E-state index is -4.55. The van der Waals surface area contributed by atoms with E-state index < -0.39 is 40.2 Å². The molecule has 27 heavy (non-hydrogen) atoms. The van der Waals surface area contributed by atoms with Gasteiger partial charge in [0, 0.05) is 6.20 Å². The highest BCUT2D eigenvalue weighted by atomic mass is 32.2. The number of nitrogens with zero attached hydrogens (tertiary/aromatic N) is 3. The number of hydrogen-bond acceptors (Lipinski definition) is 4. The summed E-state index contributed by atoms with van der Waals surface area (Å²) in [7, 11) is 0. The van der Waals surface area contributed by atoms with Crippen LogP contribution in [0.1, 0.15) is 12.5 Å². The predicted molar refractivity (Wildman–Crippen MR) is 88.3 cm³/mol. The lowest BCUT2D eigenvalue weighted by Crippen LogP contribution is -2.24. The van der Waals surface area contributed by atoms with Gasteiger partial charge in [-0.15, -0.1) is 10.2 Å². The fraction of sp³-hybridized carbons (Fsp3) is 0.188. The molecule has 1 atom stereocenters. The second kappa shape index (κ2) is 7.14. The molecule has 0 spiro atoms. The third kappa shape index (κ3) is 4.02. The minimum absolute atomic E-state index is 0.0350. The maximum Gasteiger partial charge on any atom is 0.417 e. The number of carbonyl (C=O) groups is 1. The maximum absolute atomic E-state index is 13.6. The van der Waals surface area contributed by atoms with Crippen LogP contribution in [0.15, 0.2) is 41.7 Å². The number of carbonyl (C=O) groups excluding carboxylic acids is 1. The fourth-order valence-corrected chi connectivity index (χ4v) is 3.00. The first-order valence-electron chi connectivity index (χ1n) is 7.50. The van der Waals surface area contributed by atoms with Crippen molar-refractivity contribution in [1.29, 1.82) is 0 Å². The lowest BCUT2D eigenvalue weighted by atomic mass is 10.3. The Morgan fingerprint density at radius 1 is 1.15 bits per heavy atom. The average molecular weight is 402 g/mol. The van der Waals surface area contributed by atoms with Crippen molar-refractivity contribution in [3.8, 4) is 0 Å². The van der Waals surface area contributed by atoms with Gasteiger partial charge in [-0.1, -0.05) is 17.8 Å². The van der Waals surface area contributed by atoms with Crippen LogP contribution in [-0.2, 0) is 11.0 Å². The number of thioether (sulfide) groups is 1. The molecule has 3 rings (SSSR count). The number of anilines is 1. The second-order valence-electron chi connectivity index (χ2n) is 5.47. The summed E-state index contributed by atoms with van der Waals surface area (Å²) in [4.78, 5) is 12.2. The first-order valence-corrected chi connectivity index (χ1v) is 8.38. The number of amides is 1. The minimum Gasteiger partial charge on any atom is -0.320 e. The number of nitrogens with one attached hydrogen (secondary N) is 1. The highest BCUT2D eigenvalue weighted by Gasteiger charge is 2.31. The van der Waals surface area contributed by atoms with Gasteiger partial charge in [-0.3, -0.25) is 9.20 Å². The third-order valence-corrected chi connectivity index (χ3v) is 4.62. The van der Waals surface area contributed by atoms with Crippen molar-refractivity contribution in [1.82, 2.24) is 14.6 Å². The fourth-order valence-electron chi connectivity index (χ4n) is 2.17. The molecule has 1 N–H and O–H groups in total. The number of alkyl halides is 3. The van der Waals surface area contributed by atoms with Crippen molar-refractivity contribution in [3.63, 3.8) is 0 Å². The van der Waals surface area contributed by atoms with Crippen molar-refractivity contribution in [2.75, 3.05) is 5.32 Å². The molecule has 11 heteroatoms. The average Bonchev–Trinajstić information content (AvgIpc) is 2.99. The van der Waals surface area contributed by atoms with Crippen LogP contribution >= 0.6 is 11.8 Å². The predicted octanol–water partition coefficient (Wildman–Crippen LogP) is 4.15. The molecule has 0 aliphatic heterocycles. The van der Waals surface area contributed by atoms with E-state index in [1.54, 1.807) is 0 Å². The van der Waals surface area contributed by atoms with Gasteiger partial charge >= 0.3 is 6.18 Å². The normalized spacial score (nSPS) is 13.0. The molecule has 142 valence electrons. The molecule has 0 radical (unpaired) electrons. The summed E-state index contributed by atoms with van der Waals surface area (Å²) < 4.78 is 66.9. The van der Waals surface area contributed by atoms with E-state index in [1.807, 2.05) is 0 Å². The van der Waals surface area contributed by atoms with Crippen LogP contribution in [0.25, 0.3) is 5.65 Å². The lowest BCUT2D eigenvalue weighted by Gasteiger charge is -2.12. The van der Waals surface area contributed by atoms with E-state index in [1.165, 1.54) is 6.92 Å². The molecule has 0 fully saturated rings. The molecule has 2 heterocycles. The highest BCUT2D eigenvalue weighted by molar-refractivity contribution is 8.00.